The summed E-state index contributed by atoms with van der Waals surface area (Å²) in [5.74, 6) is 0.305. The van der Waals surface area contributed by atoms with Crippen molar-refractivity contribution in [2.24, 2.45) is 5.92 Å². The second-order valence-electron chi connectivity index (χ2n) is 6.81. The van der Waals surface area contributed by atoms with E-state index in [-0.39, 0.29) is 5.56 Å². The minimum Gasteiger partial charge on any atom is -0.478 e. The molecule has 1 aliphatic heterocycles. The van der Waals surface area contributed by atoms with Gasteiger partial charge in [0.2, 0.25) is 0 Å². The number of nitrogens with zero attached hydrogens (tertiary/aromatic N) is 1. The summed E-state index contributed by atoms with van der Waals surface area (Å²) in [5, 5.41) is 9.37. The number of carboxylic acids is 1. The molecule has 1 aromatic carbocycles. The number of fused-ring (bicyclic) bond motifs is 1. The Bertz CT molecular complexity index is 636. The van der Waals surface area contributed by atoms with E-state index < -0.39 is 11.8 Å². The topological polar surface area (TPSA) is 59.0 Å². The lowest BCUT2D eigenvalue weighted by Gasteiger charge is -2.36. The first kappa shape index (κ1) is 16.6. The van der Waals surface area contributed by atoms with Crippen LogP contribution in [0.25, 0.3) is 0 Å². The molecule has 2 aliphatic rings. The third kappa shape index (κ3) is 3.06. The van der Waals surface area contributed by atoms with Gasteiger partial charge in [-0.05, 0) is 61.8 Å². The number of carboxylic acid groups (broad SMARTS) is 1. The molecule has 3 rings (SSSR count). The van der Waals surface area contributed by atoms with Gasteiger partial charge in [0.1, 0.15) is 0 Å². The third-order valence-electron chi connectivity index (χ3n) is 4.72. The van der Waals surface area contributed by atoms with Gasteiger partial charge in [0.15, 0.2) is 11.5 Å². The zero-order valence-electron chi connectivity index (χ0n) is 13.7. The Hall–Kier alpha value is -1.27. The summed E-state index contributed by atoms with van der Waals surface area (Å²) in [6.07, 6.45) is 3.77. The second-order valence-corrected chi connectivity index (χ2v) is 7.67. The molecule has 1 aromatic rings. The first-order valence-electron chi connectivity index (χ1n) is 7.90. The molecule has 5 nitrogen and oxygen atoms in total. The van der Waals surface area contributed by atoms with Crippen LogP contribution in [0, 0.1) is 12.8 Å². The van der Waals surface area contributed by atoms with Gasteiger partial charge in [-0.1, -0.05) is 0 Å². The zero-order chi connectivity index (χ0) is 16.8. The van der Waals surface area contributed by atoms with Crippen molar-refractivity contribution in [3.8, 4) is 11.5 Å². The molecule has 0 unspecified atom stereocenters. The number of rotatable bonds is 3. The fourth-order valence-corrected chi connectivity index (χ4v) is 4.30. The molecule has 1 saturated carbocycles. The number of halogens is 1. The van der Waals surface area contributed by atoms with E-state index in [1.807, 2.05) is 0 Å². The Morgan fingerprint density at radius 1 is 1.39 bits per heavy atom. The average Bonchev–Trinajstić information content (AvgIpc) is 2.79. The molecule has 0 saturated heterocycles. The van der Waals surface area contributed by atoms with Crippen molar-refractivity contribution in [1.82, 2.24) is 4.90 Å². The lowest BCUT2D eigenvalue weighted by atomic mass is 9.85. The van der Waals surface area contributed by atoms with Crippen molar-refractivity contribution in [3.05, 3.63) is 21.7 Å². The van der Waals surface area contributed by atoms with E-state index in [0.717, 1.165) is 32.2 Å². The molecule has 1 heterocycles. The summed E-state index contributed by atoms with van der Waals surface area (Å²) in [7, 11) is 4.19. The van der Waals surface area contributed by atoms with Gasteiger partial charge in [0.05, 0.1) is 5.56 Å². The summed E-state index contributed by atoms with van der Waals surface area (Å²) >= 11 is 3.33. The number of hydrogen-bond donors (Lipinski definition) is 1. The highest BCUT2D eigenvalue weighted by Gasteiger charge is 2.46. The van der Waals surface area contributed by atoms with Gasteiger partial charge >= 0.3 is 5.97 Å². The van der Waals surface area contributed by atoms with Crippen LogP contribution in [0.4, 0.5) is 0 Å². The molecule has 1 N–H and O–H groups in total. The van der Waals surface area contributed by atoms with Crippen molar-refractivity contribution in [3.63, 3.8) is 0 Å². The minimum absolute atomic E-state index is 0.241. The summed E-state index contributed by atoms with van der Waals surface area (Å²) in [6.45, 7) is 2.85. The highest BCUT2D eigenvalue weighted by molar-refractivity contribution is 9.10. The fourth-order valence-electron chi connectivity index (χ4n) is 3.62. The molecule has 0 bridgehead atoms. The van der Waals surface area contributed by atoms with E-state index in [2.05, 4.69) is 34.9 Å². The van der Waals surface area contributed by atoms with Crippen LogP contribution < -0.4 is 9.47 Å². The SMILES string of the molecule is Cc1c2c(cc(Br)c1C(=O)O)OC1(CCC(CN(C)C)CC1)O2. The summed E-state index contributed by atoms with van der Waals surface area (Å²) in [5.41, 5.74) is 0.861. The van der Waals surface area contributed by atoms with Crippen LogP contribution in [0.1, 0.15) is 41.6 Å². The van der Waals surface area contributed by atoms with Gasteiger partial charge in [0, 0.05) is 29.4 Å². The monoisotopic (exact) mass is 383 g/mol. The highest BCUT2D eigenvalue weighted by Crippen LogP contribution is 2.50. The van der Waals surface area contributed by atoms with Crippen LogP contribution in [0.2, 0.25) is 0 Å². The highest BCUT2D eigenvalue weighted by atomic mass is 79.9. The Balaban J connectivity index is 1.80. The maximum absolute atomic E-state index is 11.4. The van der Waals surface area contributed by atoms with Gasteiger partial charge < -0.3 is 19.5 Å². The molecular weight excluding hydrogens is 362 g/mol. The smallest absolute Gasteiger partial charge is 0.337 e. The maximum Gasteiger partial charge on any atom is 0.337 e. The van der Waals surface area contributed by atoms with Crippen LogP contribution in [0.3, 0.4) is 0 Å². The molecule has 0 aromatic heterocycles. The van der Waals surface area contributed by atoms with E-state index in [1.165, 1.54) is 0 Å². The predicted octanol–water partition coefficient (Wildman–Crippen LogP) is 3.68. The van der Waals surface area contributed by atoms with Crippen LogP contribution in [-0.4, -0.2) is 42.4 Å². The van der Waals surface area contributed by atoms with Gasteiger partial charge in [0.25, 0.3) is 5.79 Å². The molecule has 0 amide bonds. The van der Waals surface area contributed by atoms with E-state index in [0.29, 0.717) is 27.5 Å². The number of benzene rings is 1. The van der Waals surface area contributed by atoms with Gasteiger partial charge in [-0.25, -0.2) is 4.79 Å². The predicted molar refractivity (Wildman–Crippen MR) is 90.3 cm³/mol. The van der Waals surface area contributed by atoms with Crippen LogP contribution in [-0.2, 0) is 0 Å². The van der Waals surface area contributed by atoms with Crippen LogP contribution in [0.15, 0.2) is 10.5 Å². The maximum atomic E-state index is 11.4. The first-order valence-corrected chi connectivity index (χ1v) is 8.70. The van der Waals surface area contributed by atoms with Crippen molar-refractivity contribution in [2.45, 2.75) is 38.4 Å². The molecule has 0 atom stereocenters. The molecule has 1 spiro atoms. The van der Waals surface area contributed by atoms with Crippen LogP contribution >= 0.6 is 15.9 Å². The largest absolute Gasteiger partial charge is 0.478 e. The Morgan fingerprint density at radius 3 is 2.61 bits per heavy atom. The van der Waals surface area contributed by atoms with Crippen molar-refractivity contribution >= 4 is 21.9 Å². The second kappa shape index (κ2) is 5.98. The van der Waals surface area contributed by atoms with Crippen molar-refractivity contribution < 1.29 is 19.4 Å². The third-order valence-corrected chi connectivity index (χ3v) is 5.35. The summed E-state index contributed by atoms with van der Waals surface area (Å²) in [4.78, 5) is 13.6. The number of ether oxygens (including phenoxy) is 2. The standard InChI is InChI=1S/C17H22BrNO4/c1-10-14(16(20)21)12(18)8-13-15(10)23-17(22-13)6-4-11(5-7-17)9-19(2)3/h8,11H,4-7,9H2,1-3H3,(H,20,21). The zero-order valence-corrected chi connectivity index (χ0v) is 15.3. The Kier molecular flexibility index (Phi) is 4.31. The van der Waals surface area contributed by atoms with Crippen LogP contribution in [0.5, 0.6) is 11.5 Å². The normalized spacial score (nSPS) is 26.0. The summed E-state index contributed by atoms with van der Waals surface area (Å²) in [6, 6.07) is 1.71. The van der Waals surface area contributed by atoms with E-state index in [1.54, 1.807) is 13.0 Å². The minimum atomic E-state index is -0.962. The Labute approximate surface area is 144 Å². The molecule has 1 aliphatic carbocycles. The summed E-state index contributed by atoms with van der Waals surface area (Å²) < 4.78 is 12.8. The van der Waals surface area contributed by atoms with Crippen molar-refractivity contribution in [2.75, 3.05) is 20.6 Å². The molecule has 126 valence electrons. The number of carbonyl (C=O) groups is 1. The molecular formula is C17H22BrNO4. The van der Waals surface area contributed by atoms with E-state index >= 15 is 0 Å². The fraction of sp³-hybridized carbons (Fsp3) is 0.588. The number of hydrogen-bond acceptors (Lipinski definition) is 4. The lowest BCUT2D eigenvalue weighted by Crippen LogP contribution is -2.43. The lowest BCUT2D eigenvalue weighted by molar-refractivity contribution is -0.114. The van der Waals surface area contributed by atoms with Gasteiger partial charge in [-0.3, -0.25) is 0 Å². The Morgan fingerprint density at radius 2 is 2.04 bits per heavy atom. The van der Waals surface area contributed by atoms with Crippen molar-refractivity contribution in [1.29, 1.82) is 0 Å². The molecule has 1 fully saturated rings. The number of aromatic carboxylic acids is 1. The quantitative estimate of drug-likeness (QED) is 0.862. The van der Waals surface area contributed by atoms with Gasteiger partial charge in [-0.2, -0.15) is 0 Å². The first-order chi connectivity index (χ1) is 10.8. The van der Waals surface area contributed by atoms with E-state index in [4.69, 9.17) is 9.47 Å². The molecule has 23 heavy (non-hydrogen) atoms. The average molecular weight is 384 g/mol. The molecule has 0 radical (unpaired) electrons. The molecule has 6 heteroatoms. The van der Waals surface area contributed by atoms with Gasteiger partial charge in [-0.15, -0.1) is 0 Å². The van der Waals surface area contributed by atoms with E-state index in [9.17, 15) is 9.90 Å².